The fourth-order valence-corrected chi connectivity index (χ4v) is 5.03. The molecular weight excluding hydrogens is 382 g/mol. The molecule has 3 aliphatic rings. The van der Waals surface area contributed by atoms with Crippen LogP contribution >= 0.6 is 0 Å². The van der Waals surface area contributed by atoms with E-state index in [-0.39, 0.29) is 17.7 Å². The van der Waals surface area contributed by atoms with Gasteiger partial charge in [0.25, 0.3) is 0 Å². The minimum Gasteiger partial charge on any atom is -0.481 e. The summed E-state index contributed by atoms with van der Waals surface area (Å²) < 4.78 is 0. The maximum Gasteiger partial charge on any atom is 0.308 e. The summed E-state index contributed by atoms with van der Waals surface area (Å²) in [6.07, 6.45) is 4.73. The zero-order chi connectivity index (χ0) is 21.5. The van der Waals surface area contributed by atoms with Gasteiger partial charge in [-0.05, 0) is 47.8 Å². The Balaban J connectivity index is 1.42. The maximum absolute atomic E-state index is 13.1. The second-order valence-electron chi connectivity index (χ2n) is 8.84. The van der Waals surface area contributed by atoms with Crippen molar-refractivity contribution < 1.29 is 19.5 Å². The van der Waals surface area contributed by atoms with Gasteiger partial charge >= 0.3 is 5.97 Å². The lowest BCUT2D eigenvalue weighted by Crippen LogP contribution is -2.58. The number of piperidine rings is 1. The van der Waals surface area contributed by atoms with Crippen LogP contribution in [0, 0.1) is 17.3 Å². The Morgan fingerprint density at radius 1 is 1.23 bits per heavy atom. The molecular formula is C23H29N3O4. The number of carbonyl (C=O) groups excluding carboxylic acids is 2. The van der Waals surface area contributed by atoms with Crippen LogP contribution in [-0.4, -0.2) is 53.5 Å². The largest absolute Gasteiger partial charge is 0.481 e. The molecule has 2 aliphatic heterocycles. The van der Waals surface area contributed by atoms with Gasteiger partial charge in [0.1, 0.15) is 6.04 Å². The molecule has 4 N–H and O–H groups in total. The average Bonchev–Trinajstić information content (AvgIpc) is 3.47. The number of carboxylic acid groups (broad SMARTS) is 1. The molecule has 4 unspecified atom stereocenters. The number of aliphatic carboxylic acids is 1. The Labute approximate surface area is 176 Å². The highest BCUT2D eigenvalue weighted by atomic mass is 16.4. The molecule has 30 heavy (non-hydrogen) atoms. The second kappa shape index (κ2) is 7.87. The molecule has 2 fully saturated rings. The van der Waals surface area contributed by atoms with E-state index in [9.17, 15) is 19.5 Å². The number of hydrogen-bond donors (Lipinski definition) is 3. The zero-order valence-corrected chi connectivity index (χ0v) is 17.3. The Kier molecular flexibility index (Phi) is 5.40. The third-order valence-electron chi connectivity index (χ3n) is 7.07. The number of primary amides is 1. The minimum atomic E-state index is -1.00. The van der Waals surface area contributed by atoms with E-state index in [2.05, 4.69) is 42.6 Å². The molecule has 160 valence electrons. The summed E-state index contributed by atoms with van der Waals surface area (Å²) in [6, 6.07) is 7.74. The highest BCUT2D eigenvalue weighted by Gasteiger charge is 2.62. The van der Waals surface area contributed by atoms with Crippen molar-refractivity contribution in [3.05, 3.63) is 41.5 Å². The van der Waals surface area contributed by atoms with E-state index >= 15 is 0 Å². The molecule has 2 heterocycles. The van der Waals surface area contributed by atoms with E-state index in [4.69, 9.17) is 5.73 Å². The molecule has 1 aromatic carbocycles. The molecule has 0 radical (unpaired) electrons. The van der Waals surface area contributed by atoms with Crippen LogP contribution in [0.4, 0.5) is 0 Å². The Morgan fingerprint density at radius 2 is 1.97 bits per heavy atom. The third-order valence-corrected chi connectivity index (χ3v) is 7.07. The van der Waals surface area contributed by atoms with Crippen LogP contribution in [0.5, 0.6) is 0 Å². The Hall–Kier alpha value is -2.67. The lowest BCUT2D eigenvalue weighted by Gasteiger charge is -2.38. The maximum atomic E-state index is 13.1. The van der Waals surface area contributed by atoms with Gasteiger partial charge in [-0.3, -0.25) is 14.4 Å². The van der Waals surface area contributed by atoms with Crippen LogP contribution < -0.4 is 11.1 Å². The first kappa shape index (κ1) is 20.6. The number of amides is 2. The summed E-state index contributed by atoms with van der Waals surface area (Å²) in [6.45, 7) is 3.63. The predicted molar refractivity (Wildman–Crippen MR) is 112 cm³/mol. The molecule has 1 aliphatic carbocycles. The molecule has 1 saturated carbocycles. The number of nitrogens with one attached hydrogen (secondary N) is 1. The molecule has 1 saturated heterocycles. The quantitative estimate of drug-likeness (QED) is 0.678. The Bertz CT molecular complexity index is 894. The molecule has 2 amide bonds. The van der Waals surface area contributed by atoms with Crippen LogP contribution in [-0.2, 0) is 20.8 Å². The normalized spacial score (nSPS) is 30.6. The summed E-state index contributed by atoms with van der Waals surface area (Å²) in [5.74, 6) is -2.69. The van der Waals surface area contributed by atoms with E-state index in [1.54, 1.807) is 4.90 Å². The number of aryl methyl sites for hydroxylation is 1. The molecule has 7 nitrogen and oxygen atoms in total. The van der Waals surface area contributed by atoms with Gasteiger partial charge in [0, 0.05) is 25.6 Å². The van der Waals surface area contributed by atoms with Crippen LogP contribution in [0.15, 0.2) is 30.3 Å². The van der Waals surface area contributed by atoms with Crippen molar-refractivity contribution in [1.29, 1.82) is 0 Å². The van der Waals surface area contributed by atoms with Crippen molar-refractivity contribution >= 4 is 23.4 Å². The summed E-state index contributed by atoms with van der Waals surface area (Å²) in [7, 11) is 0. The molecule has 1 aromatic rings. The van der Waals surface area contributed by atoms with Crippen LogP contribution in [0.2, 0.25) is 0 Å². The van der Waals surface area contributed by atoms with Gasteiger partial charge in [0.2, 0.25) is 11.8 Å². The smallest absolute Gasteiger partial charge is 0.308 e. The second-order valence-corrected chi connectivity index (χ2v) is 8.84. The minimum absolute atomic E-state index is 0.176. The summed E-state index contributed by atoms with van der Waals surface area (Å²) in [4.78, 5) is 38.3. The third kappa shape index (κ3) is 3.74. The van der Waals surface area contributed by atoms with E-state index in [0.29, 0.717) is 32.5 Å². The number of carboxylic acids is 1. The average molecular weight is 412 g/mol. The molecule has 4 rings (SSSR count). The molecule has 4 atom stereocenters. The van der Waals surface area contributed by atoms with Gasteiger partial charge in [0.15, 0.2) is 0 Å². The number of hydrogen-bond acceptors (Lipinski definition) is 4. The number of benzene rings is 1. The van der Waals surface area contributed by atoms with Gasteiger partial charge in [-0.1, -0.05) is 37.3 Å². The number of nitrogens with zero attached hydrogens (tertiary/aromatic N) is 1. The van der Waals surface area contributed by atoms with Crippen LogP contribution in [0.25, 0.3) is 5.57 Å². The van der Waals surface area contributed by atoms with Crippen LogP contribution in [0.1, 0.15) is 37.3 Å². The van der Waals surface area contributed by atoms with Crippen molar-refractivity contribution in [2.24, 2.45) is 23.0 Å². The van der Waals surface area contributed by atoms with Crippen molar-refractivity contribution in [2.75, 3.05) is 19.6 Å². The lowest BCUT2D eigenvalue weighted by atomic mass is 9.80. The van der Waals surface area contributed by atoms with Crippen molar-refractivity contribution in [3.63, 3.8) is 0 Å². The zero-order valence-electron chi connectivity index (χ0n) is 17.3. The molecule has 0 bridgehead atoms. The van der Waals surface area contributed by atoms with Crippen molar-refractivity contribution in [3.8, 4) is 0 Å². The lowest BCUT2D eigenvalue weighted by molar-refractivity contribution is -0.150. The molecule has 0 aromatic heterocycles. The molecule has 1 spiro atoms. The standard InChI is InChI=1S/C23H29N3O4/c1-2-14-3-5-15(6-4-14)16-7-9-26(10-8-16)21(28)19-17(22(29)30)11-23(13-25-19)12-18(23)20(24)27/h3-7,17-19,25H,2,8-13H2,1H3,(H2,24,27)(H,29,30). The van der Waals surface area contributed by atoms with Crippen molar-refractivity contribution in [2.45, 2.75) is 38.6 Å². The SMILES string of the molecule is CCc1ccc(C2=CCN(C(=O)C3NCC4(CC3C(=O)O)CC4C(N)=O)CC2)cc1. The number of carbonyl (C=O) groups is 3. The predicted octanol–water partition coefficient (Wildman–Crippen LogP) is 1.42. The summed E-state index contributed by atoms with van der Waals surface area (Å²) >= 11 is 0. The van der Waals surface area contributed by atoms with E-state index in [0.717, 1.165) is 12.8 Å². The number of nitrogens with two attached hydrogens (primary N) is 1. The first-order valence-corrected chi connectivity index (χ1v) is 10.7. The summed E-state index contributed by atoms with van der Waals surface area (Å²) in [5, 5.41) is 12.9. The highest BCUT2D eigenvalue weighted by Crippen LogP contribution is 2.58. The topological polar surface area (TPSA) is 113 Å². The van der Waals surface area contributed by atoms with Gasteiger partial charge in [-0.15, -0.1) is 0 Å². The van der Waals surface area contributed by atoms with Gasteiger partial charge in [0.05, 0.1) is 5.92 Å². The fourth-order valence-electron chi connectivity index (χ4n) is 5.03. The fraction of sp³-hybridized carbons (Fsp3) is 0.522. The van der Waals surface area contributed by atoms with E-state index < -0.39 is 23.3 Å². The first-order valence-electron chi connectivity index (χ1n) is 10.7. The van der Waals surface area contributed by atoms with Crippen LogP contribution in [0.3, 0.4) is 0 Å². The van der Waals surface area contributed by atoms with Crippen molar-refractivity contribution in [1.82, 2.24) is 10.2 Å². The molecule has 7 heteroatoms. The van der Waals surface area contributed by atoms with Gasteiger partial charge in [-0.2, -0.15) is 0 Å². The first-order chi connectivity index (χ1) is 14.3. The highest BCUT2D eigenvalue weighted by molar-refractivity contribution is 5.89. The van der Waals surface area contributed by atoms with Gasteiger partial charge < -0.3 is 21.1 Å². The van der Waals surface area contributed by atoms with E-state index in [1.165, 1.54) is 16.7 Å². The number of rotatable bonds is 5. The summed E-state index contributed by atoms with van der Waals surface area (Å²) in [5.41, 5.74) is 8.70. The van der Waals surface area contributed by atoms with E-state index in [1.807, 2.05) is 0 Å². The Morgan fingerprint density at radius 3 is 2.50 bits per heavy atom. The monoisotopic (exact) mass is 411 g/mol. The van der Waals surface area contributed by atoms with Gasteiger partial charge in [-0.25, -0.2) is 0 Å².